The van der Waals surface area contributed by atoms with Gasteiger partial charge in [-0.3, -0.25) is 0 Å². The lowest BCUT2D eigenvalue weighted by Crippen LogP contribution is -1.84. The smallest absolute Gasteiger partial charge is 0.130 e. The summed E-state index contributed by atoms with van der Waals surface area (Å²) in [6.07, 6.45) is 1.75. The summed E-state index contributed by atoms with van der Waals surface area (Å²) in [5, 5.41) is 9.70. The van der Waals surface area contributed by atoms with Gasteiger partial charge in [-0.05, 0) is 23.7 Å². The molecule has 0 amide bonds. The van der Waals surface area contributed by atoms with Crippen molar-refractivity contribution in [1.82, 2.24) is 4.37 Å². The summed E-state index contributed by atoms with van der Waals surface area (Å²) >= 11 is 1.37. The van der Waals surface area contributed by atoms with Crippen molar-refractivity contribution in [2.24, 2.45) is 0 Å². The Labute approximate surface area is 79.4 Å². The number of hydrogen-bond donors (Lipinski definition) is 0. The minimum absolute atomic E-state index is 0.605. The monoisotopic (exact) mass is 190 g/mol. The molecule has 0 spiro atoms. The highest BCUT2D eigenvalue weighted by Gasteiger charge is 2.05. The van der Waals surface area contributed by atoms with E-state index in [4.69, 9.17) is 10.00 Å². The summed E-state index contributed by atoms with van der Waals surface area (Å²) < 4.78 is 10.2. The summed E-state index contributed by atoms with van der Waals surface area (Å²) in [4.78, 5) is 0. The van der Waals surface area contributed by atoms with Crippen molar-refractivity contribution < 1.29 is 4.74 Å². The second-order valence-corrected chi connectivity index (χ2v) is 3.36. The number of aromatic nitrogens is 1. The van der Waals surface area contributed by atoms with Crippen LogP contribution in [-0.2, 0) is 0 Å². The highest BCUT2D eigenvalue weighted by atomic mass is 32.1. The molecule has 13 heavy (non-hydrogen) atoms. The second kappa shape index (κ2) is 3.04. The maximum atomic E-state index is 8.73. The molecule has 0 aliphatic rings. The van der Waals surface area contributed by atoms with Crippen molar-refractivity contribution in [1.29, 1.82) is 5.26 Å². The Morgan fingerprint density at radius 2 is 2.38 bits per heavy atom. The van der Waals surface area contributed by atoms with Gasteiger partial charge in [-0.15, -0.1) is 0 Å². The first-order chi connectivity index (χ1) is 6.35. The number of nitriles is 1. The van der Waals surface area contributed by atoms with E-state index in [1.807, 2.05) is 6.07 Å². The van der Waals surface area contributed by atoms with Crippen LogP contribution in [0.3, 0.4) is 0 Å². The summed E-state index contributed by atoms with van der Waals surface area (Å²) in [6.45, 7) is 0. The van der Waals surface area contributed by atoms with Crippen molar-refractivity contribution in [2.45, 2.75) is 0 Å². The van der Waals surface area contributed by atoms with Crippen LogP contribution < -0.4 is 4.74 Å². The fraction of sp³-hybridized carbons (Fsp3) is 0.111. The van der Waals surface area contributed by atoms with Crippen LogP contribution in [-0.4, -0.2) is 11.5 Å². The van der Waals surface area contributed by atoms with Crippen molar-refractivity contribution in [3.05, 3.63) is 23.9 Å². The highest BCUT2D eigenvalue weighted by molar-refractivity contribution is 7.13. The molecular formula is C9H6N2OS. The predicted octanol–water partition coefficient (Wildman–Crippen LogP) is 2.18. The van der Waals surface area contributed by atoms with Gasteiger partial charge in [0.2, 0.25) is 0 Å². The molecule has 0 aliphatic heterocycles. The van der Waals surface area contributed by atoms with Gasteiger partial charge in [0.15, 0.2) is 0 Å². The van der Waals surface area contributed by atoms with Crippen LogP contribution >= 0.6 is 11.5 Å². The molecule has 64 valence electrons. The lowest BCUT2D eigenvalue weighted by atomic mass is 10.2. The number of methoxy groups -OCH3 is 1. The van der Waals surface area contributed by atoms with Crippen molar-refractivity contribution in [3.8, 4) is 11.8 Å². The van der Waals surface area contributed by atoms with Gasteiger partial charge >= 0.3 is 0 Å². The van der Waals surface area contributed by atoms with Gasteiger partial charge in [-0.1, -0.05) is 0 Å². The molecule has 1 heterocycles. The molecule has 0 unspecified atom stereocenters. The van der Waals surface area contributed by atoms with Crippen LogP contribution in [0.2, 0.25) is 0 Å². The number of nitrogens with zero attached hydrogens (tertiary/aromatic N) is 2. The number of fused-ring (bicyclic) bond motifs is 1. The van der Waals surface area contributed by atoms with E-state index in [1.54, 1.807) is 19.4 Å². The van der Waals surface area contributed by atoms with E-state index in [1.165, 1.54) is 11.5 Å². The predicted molar refractivity (Wildman–Crippen MR) is 50.9 cm³/mol. The molecule has 0 radical (unpaired) electrons. The number of ether oxygens (including phenoxy) is 1. The molecule has 0 atom stereocenters. The van der Waals surface area contributed by atoms with Gasteiger partial charge in [-0.2, -0.15) is 9.64 Å². The molecule has 0 bridgehead atoms. The Morgan fingerprint density at radius 3 is 3.08 bits per heavy atom. The van der Waals surface area contributed by atoms with Gasteiger partial charge in [0.25, 0.3) is 0 Å². The first-order valence-electron chi connectivity index (χ1n) is 3.67. The van der Waals surface area contributed by atoms with E-state index in [9.17, 15) is 0 Å². The largest absolute Gasteiger partial charge is 0.496 e. The topological polar surface area (TPSA) is 45.9 Å². The minimum Gasteiger partial charge on any atom is -0.496 e. The van der Waals surface area contributed by atoms with Crippen molar-refractivity contribution >= 4 is 21.6 Å². The zero-order valence-electron chi connectivity index (χ0n) is 6.94. The maximum Gasteiger partial charge on any atom is 0.130 e. The normalized spacial score (nSPS) is 9.85. The Kier molecular flexibility index (Phi) is 1.87. The zero-order chi connectivity index (χ0) is 9.26. The fourth-order valence-electron chi connectivity index (χ4n) is 1.17. The molecule has 3 nitrogen and oxygen atoms in total. The standard InChI is InChI=1S/C9H6N2OS/c1-12-8-2-6(4-10)3-9-7(8)5-11-13-9/h2-3,5H,1H3. The molecule has 0 aliphatic carbocycles. The molecule has 0 fully saturated rings. The van der Waals surface area contributed by atoms with E-state index >= 15 is 0 Å². The molecule has 1 aromatic heterocycles. The van der Waals surface area contributed by atoms with Crippen LogP contribution in [0.1, 0.15) is 5.56 Å². The van der Waals surface area contributed by atoms with Crippen LogP contribution in [0.25, 0.3) is 10.1 Å². The third-order valence-electron chi connectivity index (χ3n) is 1.79. The Morgan fingerprint density at radius 1 is 1.54 bits per heavy atom. The van der Waals surface area contributed by atoms with Gasteiger partial charge in [0, 0.05) is 0 Å². The number of benzene rings is 1. The average Bonchev–Trinajstić information content (AvgIpc) is 2.63. The molecule has 2 aromatic rings. The van der Waals surface area contributed by atoms with Crippen LogP contribution in [0.15, 0.2) is 18.3 Å². The highest BCUT2D eigenvalue weighted by Crippen LogP contribution is 2.29. The Bertz CT molecular complexity index is 484. The van der Waals surface area contributed by atoms with Crippen LogP contribution in [0, 0.1) is 11.3 Å². The second-order valence-electron chi connectivity index (χ2n) is 2.53. The van der Waals surface area contributed by atoms with Crippen molar-refractivity contribution in [3.63, 3.8) is 0 Å². The van der Waals surface area contributed by atoms with Crippen molar-refractivity contribution in [2.75, 3.05) is 7.11 Å². The first-order valence-corrected chi connectivity index (χ1v) is 4.45. The average molecular weight is 190 g/mol. The van der Waals surface area contributed by atoms with Crippen LogP contribution in [0.5, 0.6) is 5.75 Å². The summed E-state index contributed by atoms with van der Waals surface area (Å²) in [5.74, 6) is 0.711. The van der Waals surface area contributed by atoms with E-state index in [0.29, 0.717) is 11.3 Å². The molecule has 4 heteroatoms. The lowest BCUT2D eigenvalue weighted by Gasteiger charge is -2.00. The first kappa shape index (κ1) is 8.02. The summed E-state index contributed by atoms with van der Waals surface area (Å²) in [5.41, 5.74) is 0.605. The lowest BCUT2D eigenvalue weighted by molar-refractivity contribution is 0.419. The molecule has 0 saturated heterocycles. The quantitative estimate of drug-likeness (QED) is 0.692. The van der Waals surface area contributed by atoms with E-state index in [-0.39, 0.29) is 0 Å². The molecular weight excluding hydrogens is 184 g/mol. The molecule has 2 rings (SSSR count). The third-order valence-corrected chi connectivity index (χ3v) is 2.53. The summed E-state index contributed by atoms with van der Waals surface area (Å²) in [7, 11) is 1.59. The van der Waals surface area contributed by atoms with Gasteiger partial charge in [-0.25, -0.2) is 0 Å². The Balaban J connectivity index is 2.79. The summed E-state index contributed by atoms with van der Waals surface area (Å²) in [6, 6.07) is 5.62. The van der Waals surface area contributed by atoms with E-state index in [0.717, 1.165) is 10.1 Å². The van der Waals surface area contributed by atoms with Gasteiger partial charge in [0.05, 0.1) is 35.0 Å². The van der Waals surface area contributed by atoms with Crippen LogP contribution in [0.4, 0.5) is 0 Å². The SMILES string of the molecule is COc1cc(C#N)cc2sncc12. The maximum absolute atomic E-state index is 8.73. The molecule has 0 N–H and O–H groups in total. The molecule has 0 saturated carbocycles. The number of rotatable bonds is 1. The number of hydrogen-bond acceptors (Lipinski definition) is 4. The van der Waals surface area contributed by atoms with E-state index < -0.39 is 0 Å². The fourth-order valence-corrected chi connectivity index (χ4v) is 1.88. The van der Waals surface area contributed by atoms with Gasteiger partial charge in [0.1, 0.15) is 5.75 Å². The van der Waals surface area contributed by atoms with Gasteiger partial charge < -0.3 is 4.74 Å². The minimum atomic E-state index is 0.605. The Hall–Kier alpha value is -1.60. The zero-order valence-corrected chi connectivity index (χ0v) is 7.76. The van der Waals surface area contributed by atoms with E-state index in [2.05, 4.69) is 10.4 Å². The molecule has 1 aromatic carbocycles. The third kappa shape index (κ3) is 1.23.